The number of carbonyl (C=O) groups is 1. The van der Waals surface area contributed by atoms with Crippen LogP contribution < -0.4 is 5.32 Å². The van der Waals surface area contributed by atoms with Crippen molar-refractivity contribution in [2.75, 3.05) is 5.32 Å². The lowest BCUT2D eigenvalue weighted by atomic mass is 10.1. The van der Waals surface area contributed by atoms with E-state index >= 15 is 0 Å². The Morgan fingerprint density at radius 1 is 1.24 bits per heavy atom. The summed E-state index contributed by atoms with van der Waals surface area (Å²) in [7, 11) is 0. The van der Waals surface area contributed by atoms with Crippen LogP contribution in [0.5, 0.6) is 0 Å². The third-order valence-electron chi connectivity index (χ3n) is 6.35. The summed E-state index contributed by atoms with van der Waals surface area (Å²) < 4.78 is 18.8. The zero-order valence-electron chi connectivity index (χ0n) is 19.7. The van der Waals surface area contributed by atoms with E-state index in [9.17, 15) is 9.18 Å². The van der Waals surface area contributed by atoms with Gasteiger partial charge in [-0.15, -0.1) is 0 Å². The Morgan fingerprint density at radius 2 is 2.06 bits per heavy atom. The average molecular weight is 459 g/mol. The van der Waals surface area contributed by atoms with Crippen molar-refractivity contribution in [3.8, 4) is 17.2 Å². The summed E-state index contributed by atoms with van der Waals surface area (Å²) in [6.45, 7) is 8.09. The number of hydrogen-bond acceptors (Lipinski definition) is 4. The summed E-state index contributed by atoms with van der Waals surface area (Å²) in [5, 5.41) is 2.75. The van der Waals surface area contributed by atoms with Crippen molar-refractivity contribution >= 4 is 11.7 Å². The molecule has 4 aromatic rings. The number of nitrogens with one attached hydrogen (secondary N) is 1. The van der Waals surface area contributed by atoms with E-state index < -0.39 is 11.7 Å². The predicted molar refractivity (Wildman–Crippen MR) is 129 cm³/mol. The van der Waals surface area contributed by atoms with Gasteiger partial charge in [0.2, 0.25) is 0 Å². The van der Waals surface area contributed by atoms with Crippen LogP contribution in [0.25, 0.3) is 17.2 Å². The third-order valence-corrected chi connectivity index (χ3v) is 6.35. The zero-order valence-corrected chi connectivity index (χ0v) is 19.7. The second-order valence-electron chi connectivity index (χ2n) is 9.17. The first-order valence-corrected chi connectivity index (χ1v) is 11.5. The van der Waals surface area contributed by atoms with Crippen LogP contribution in [0.15, 0.2) is 49.1 Å². The maximum Gasteiger partial charge on any atom is 0.259 e. The van der Waals surface area contributed by atoms with E-state index in [1.165, 1.54) is 11.8 Å². The number of anilines is 1. The van der Waals surface area contributed by atoms with Gasteiger partial charge >= 0.3 is 0 Å². The molecule has 174 valence electrons. The van der Waals surface area contributed by atoms with Gasteiger partial charge in [0, 0.05) is 24.1 Å². The highest BCUT2D eigenvalue weighted by Gasteiger charge is 2.24. The molecule has 1 atom stereocenters. The minimum atomic E-state index is -0.584. The van der Waals surface area contributed by atoms with Gasteiger partial charge in [-0.2, -0.15) is 0 Å². The van der Waals surface area contributed by atoms with Crippen LogP contribution in [0, 0.1) is 12.7 Å². The molecule has 1 aromatic carbocycles. The molecule has 8 heteroatoms. The maximum absolute atomic E-state index is 14.8. The topological polar surface area (TPSA) is 77.6 Å². The van der Waals surface area contributed by atoms with Gasteiger partial charge in [0.05, 0.1) is 23.3 Å². The number of halogens is 1. The molecule has 3 aromatic heterocycles. The second-order valence-corrected chi connectivity index (χ2v) is 9.17. The minimum absolute atomic E-state index is 0.0528. The number of benzene rings is 1. The summed E-state index contributed by atoms with van der Waals surface area (Å²) in [5.41, 5.74) is 4.15. The minimum Gasteiger partial charge on any atom is -0.324 e. The molecule has 0 aliphatic carbocycles. The average Bonchev–Trinajstić information content (AvgIpc) is 3.52. The molecule has 7 nitrogen and oxygen atoms in total. The number of carbonyl (C=O) groups excluding carboxylic acids is 1. The van der Waals surface area contributed by atoms with Gasteiger partial charge in [-0.1, -0.05) is 19.9 Å². The number of pyridine rings is 1. The molecule has 0 fully saturated rings. The van der Waals surface area contributed by atoms with Crippen molar-refractivity contribution < 1.29 is 9.18 Å². The fourth-order valence-corrected chi connectivity index (χ4v) is 4.44. The first-order chi connectivity index (χ1) is 16.3. The molecule has 0 spiro atoms. The zero-order chi connectivity index (χ0) is 24.0. The van der Waals surface area contributed by atoms with Crippen molar-refractivity contribution in [3.05, 3.63) is 77.4 Å². The summed E-state index contributed by atoms with van der Waals surface area (Å²) in [4.78, 5) is 26.6. The SMILES string of the molecule is Cc1cc(F)c(C(=O)Nc2cccc(-c3ncc4n3[C@@H](C)CC4)n2)cc1-n1cnc(C(C)C)c1. The van der Waals surface area contributed by atoms with Crippen molar-refractivity contribution in [3.63, 3.8) is 0 Å². The Kier molecular flexibility index (Phi) is 5.51. The summed E-state index contributed by atoms with van der Waals surface area (Å²) >= 11 is 0. The van der Waals surface area contributed by atoms with E-state index in [0.717, 1.165) is 24.4 Å². The molecule has 0 unspecified atom stereocenters. The van der Waals surface area contributed by atoms with Crippen molar-refractivity contribution in [1.82, 2.24) is 24.1 Å². The second kappa shape index (κ2) is 8.52. The third kappa shape index (κ3) is 3.89. The number of aromatic nitrogens is 5. The van der Waals surface area contributed by atoms with E-state index in [2.05, 4.69) is 45.6 Å². The van der Waals surface area contributed by atoms with Crippen molar-refractivity contribution in [2.45, 2.75) is 52.5 Å². The molecule has 0 saturated heterocycles. The fraction of sp³-hybridized carbons (Fsp3) is 0.308. The molecule has 1 aliphatic rings. The highest BCUT2D eigenvalue weighted by molar-refractivity contribution is 6.04. The van der Waals surface area contributed by atoms with E-state index in [-0.39, 0.29) is 11.5 Å². The Bertz CT molecular complexity index is 1390. The number of imidazole rings is 2. The van der Waals surface area contributed by atoms with Crippen LogP contribution in [-0.4, -0.2) is 30.0 Å². The van der Waals surface area contributed by atoms with Crippen LogP contribution in [0.1, 0.15) is 66.5 Å². The smallest absolute Gasteiger partial charge is 0.259 e. The van der Waals surface area contributed by atoms with Gasteiger partial charge in [0.15, 0.2) is 5.82 Å². The van der Waals surface area contributed by atoms with Crippen LogP contribution in [0.3, 0.4) is 0 Å². The van der Waals surface area contributed by atoms with Gasteiger partial charge in [0.1, 0.15) is 17.3 Å². The molecular formula is C26H27FN6O. The molecule has 34 heavy (non-hydrogen) atoms. The van der Waals surface area contributed by atoms with Crippen LogP contribution in [0.2, 0.25) is 0 Å². The standard InChI is InChI=1S/C26H27FN6O/c1-15(2)22-13-32(14-29-22)23-11-19(20(27)10-16(23)3)26(34)31-24-7-5-6-21(30-24)25-28-12-18-9-8-17(4)33(18)25/h5-7,10-15,17H,8-9H2,1-4H3,(H,30,31,34)/t17-/m0/s1. The highest BCUT2D eigenvalue weighted by Crippen LogP contribution is 2.31. The van der Waals surface area contributed by atoms with Crippen LogP contribution >= 0.6 is 0 Å². The number of hydrogen-bond donors (Lipinski definition) is 1. The Labute approximate surface area is 197 Å². The Hall–Kier alpha value is -3.81. The van der Waals surface area contributed by atoms with Gasteiger partial charge < -0.3 is 14.5 Å². The molecule has 1 aliphatic heterocycles. The first kappa shape index (κ1) is 22.0. The molecular weight excluding hydrogens is 431 g/mol. The van der Waals surface area contributed by atoms with E-state index in [4.69, 9.17) is 0 Å². The van der Waals surface area contributed by atoms with E-state index in [1.54, 1.807) is 18.5 Å². The first-order valence-electron chi connectivity index (χ1n) is 11.5. The number of amides is 1. The molecule has 1 amide bonds. The molecule has 0 bridgehead atoms. The summed E-state index contributed by atoms with van der Waals surface area (Å²) in [5.74, 6) is 0.244. The lowest BCUT2D eigenvalue weighted by Crippen LogP contribution is -2.16. The van der Waals surface area contributed by atoms with Crippen LogP contribution in [-0.2, 0) is 6.42 Å². The maximum atomic E-state index is 14.8. The summed E-state index contributed by atoms with van der Waals surface area (Å²) in [6.07, 6.45) is 7.55. The normalized spacial score (nSPS) is 15.1. The van der Waals surface area contributed by atoms with Gasteiger partial charge in [0.25, 0.3) is 5.91 Å². The molecule has 5 rings (SSSR count). The quantitative estimate of drug-likeness (QED) is 0.431. The van der Waals surface area contributed by atoms with Gasteiger partial charge in [-0.3, -0.25) is 4.79 Å². The summed E-state index contributed by atoms with van der Waals surface area (Å²) in [6, 6.07) is 8.65. The van der Waals surface area contributed by atoms with Gasteiger partial charge in [-0.05, 0) is 62.4 Å². The van der Waals surface area contributed by atoms with E-state index in [1.807, 2.05) is 36.0 Å². The number of aryl methyl sites for hydroxylation is 2. The number of nitrogens with zero attached hydrogens (tertiary/aromatic N) is 5. The van der Waals surface area contributed by atoms with Gasteiger partial charge in [-0.25, -0.2) is 19.3 Å². The highest BCUT2D eigenvalue weighted by atomic mass is 19.1. The molecule has 1 N–H and O–H groups in total. The molecule has 0 saturated carbocycles. The lowest BCUT2D eigenvalue weighted by Gasteiger charge is -2.13. The number of fused-ring (bicyclic) bond motifs is 1. The lowest BCUT2D eigenvalue weighted by molar-refractivity contribution is 0.102. The predicted octanol–water partition coefficient (Wildman–Crippen LogP) is 5.46. The monoisotopic (exact) mass is 458 g/mol. The fourth-order valence-electron chi connectivity index (χ4n) is 4.44. The van der Waals surface area contributed by atoms with Crippen molar-refractivity contribution in [1.29, 1.82) is 0 Å². The molecule has 4 heterocycles. The van der Waals surface area contributed by atoms with E-state index in [0.29, 0.717) is 28.8 Å². The largest absolute Gasteiger partial charge is 0.324 e. The molecule has 0 radical (unpaired) electrons. The van der Waals surface area contributed by atoms with Crippen LogP contribution in [0.4, 0.5) is 10.2 Å². The van der Waals surface area contributed by atoms with Crippen molar-refractivity contribution in [2.24, 2.45) is 0 Å². The Morgan fingerprint density at radius 3 is 2.82 bits per heavy atom. The Balaban J connectivity index is 1.43. The number of rotatable bonds is 5.